The van der Waals surface area contributed by atoms with E-state index in [2.05, 4.69) is 5.32 Å². The molecule has 0 bridgehead atoms. The number of ether oxygens (including phenoxy) is 1. The molecule has 2 amide bonds. The van der Waals surface area contributed by atoms with Gasteiger partial charge in [0, 0.05) is 10.6 Å². The zero-order valence-corrected chi connectivity index (χ0v) is 20.4. The number of esters is 1. The first kappa shape index (κ1) is 24.5. The Bertz CT molecular complexity index is 1340. The third-order valence-electron chi connectivity index (χ3n) is 5.11. The van der Waals surface area contributed by atoms with Crippen molar-refractivity contribution in [2.24, 2.45) is 0 Å². The first-order valence-electron chi connectivity index (χ1n) is 10.7. The quantitative estimate of drug-likeness (QED) is 0.312. The van der Waals surface area contributed by atoms with E-state index in [0.29, 0.717) is 16.9 Å². The molecule has 0 aliphatic carbocycles. The molecule has 0 radical (unpaired) electrons. The van der Waals surface area contributed by atoms with Gasteiger partial charge in [-0.2, -0.15) is 0 Å². The van der Waals surface area contributed by atoms with Crippen LogP contribution in [0, 0.1) is 12.7 Å². The molecular formula is C26H20ClFN2O4S. The molecule has 35 heavy (non-hydrogen) atoms. The van der Waals surface area contributed by atoms with Gasteiger partial charge in [-0.25, -0.2) is 14.1 Å². The SMILES string of the molecule is CCOC(=O)c1ccc(N2C(=O)C(Nc3ccc(F)c(Cl)c3)=C(Sc3ccc(C)cc3)C2=O)cc1. The fourth-order valence-electron chi connectivity index (χ4n) is 3.35. The van der Waals surface area contributed by atoms with Crippen molar-refractivity contribution in [1.29, 1.82) is 0 Å². The fourth-order valence-corrected chi connectivity index (χ4v) is 4.46. The van der Waals surface area contributed by atoms with Crippen LogP contribution in [0.25, 0.3) is 0 Å². The van der Waals surface area contributed by atoms with E-state index in [1.807, 2.05) is 31.2 Å². The first-order chi connectivity index (χ1) is 16.8. The number of thioether (sulfide) groups is 1. The second kappa shape index (κ2) is 10.3. The minimum atomic E-state index is -0.599. The van der Waals surface area contributed by atoms with Gasteiger partial charge in [0.05, 0.1) is 22.9 Å². The Hall–Kier alpha value is -3.62. The van der Waals surface area contributed by atoms with E-state index < -0.39 is 23.6 Å². The van der Waals surface area contributed by atoms with Crippen LogP contribution in [-0.4, -0.2) is 24.4 Å². The molecule has 1 aliphatic heterocycles. The number of halogens is 2. The molecule has 6 nitrogen and oxygen atoms in total. The molecule has 3 aromatic carbocycles. The average molecular weight is 511 g/mol. The van der Waals surface area contributed by atoms with Gasteiger partial charge in [0.25, 0.3) is 11.8 Å². The summed E-state index contributed by atoms with van der Waals surface area (Å²) in [5.74, 6) is -2.21. The van der Waals surface area contributed by atoms with Gasteiger partial charge in [-0.1, -0.05) is 41.1 Å². The summed E-state index contributed by atoms with van der Waals surface area (Å²) in [4.78, 5) is 40.8. The largest absolute Gasteiger partial charge is 0.462 e. The maximum absolute atomic E-state index is 13.6. The first-order valence-corrected chi connectivity index (χ1v) is 11.8. The van der Waals surface area contributed by atoms with Crippen molar-refractivity contribution in [3.8, 4) is 0 Å². The molecule has 1 N–H and O–H groups in total. The Labute approximate surface area is 210 Å². The van der Waals surface area contributed by atoms with Crippen LogP contribution >= 0.6 is 23.4 Å². The molecular weight excluding hydrogens is 491 g/mol. The Kier molecular flexibility index (Phi) is 7.23. The van der Waals surface area contributed by atoms with E-state index in [9.17, 15) is 18.8 Å². The van der Waals surface area contributed by atoms with Crippen molar-refractivity contribution in [3.63, 3.8) is 0 Å². The van der Waals surface area contributed by atoms with Crippen LogP contribution in [0.15, 0.2) is 82.2 Å². The van der Waals surface area contributed by atoms with Crippen molar-refractivity contribution in [1.82, 2.24) is 0 Å². The monoisotopic (exact) mass is 510 g/mol. The standard InChI is InChI=1S/C26H20ClFN2O4S/c1-3-34-26(33)16-6-9-18(10-7-16)30-24(31)22(29-17-8-13-21(28)20(27)14-17)23(25(30)32)35-19-11-4-15(2)5-12-19/h4-14,29H,3H2,1-2H3. The summed E-state index contributed by atoms with van der Waals surface area (Å²) in [5.41, 5.74) is 2.05. The van der Waals surface area contributed by atoms with Gasteiger partial charge in [0.15, 0.2) is 0 Å². The zero-order chi connectivity index (χ0) is 25.1. The summed E-state index contributed by atoms with van der Waals surface area (Å²) in [5, 5.41) is 2.82. The predicted molar refractivity (Wildman–Crippen MR) is 134 cm³/mol. The number of nitrogens with one attached hydrogen (secondary N) is 1. The smallest absolute Gasteiger partial charge is 0.338 e. The van der Waals surface area contributed by atoms with Crippen molar-refractivity contribution < 1.29 is 23.5 Å². The van der Waals surface area contributed by atoms with Gasteiger partial charge in [0.2, 0.25) is 0 Å². The van der Waals surface area contributed by atoms with E-state index in [4.69, 9.17) is 16.3 Å². The van der Waals surface area contributed by atoms with Crippen LogP contribution in [0.3, 0.4) is 0 Å². The van der Waals surface area contributed by atoms with Crippen LogP contribution < -0.4 is 10.2 Å². The highest BCUT2D eigenvalue weighted by atomic mass is 35.5. The fraction of sp³-hybridized carbons (Fsp3) is 0.115. The molecule has 0 aromatic heterocycles. The number of carbonyl (C=O) groups is 3. The number of hydrogen-bond acceptors (Lipinski definition) is 6. The molecule has 0 spiro atoms. The van der Waals surface area contributed by atoms with Gasteiger partial charge in [-0.3, -0.25) is 9.59 Å². The number of carbonyl (C=O) groups excluding carboxylic acids is 3. The van der Waals surface area contributed by atoms with Crippen LogP contribution in [0.1, 0.15) is 22.8 Å². The lowest BCUT2D eigenvalue weighted by molar-refractivity contribution is -0.120. The zero-order valence-electron chi connectivity index (χ0n) is 18.8. The molecule has 0 saturated carbocycles. The Morgan fingerprint density at radius 3 is 2.34 bits per heavy atom. The molecule has 9 heteroatoms. The second-order valence-corrected chi connectivity index (χ2v) is 9.08. The van der Waals surface area contributed by atoms with E-state index in [1.165, 1.54) is 42.5 Å². The highest BCUT2D eigenvalue weighted by Crippen LogP contribution is 2.38. The number of amides is 2. The lowest BCUT2D eigenvalue weighted by Gasteiger charge is -2.16. The van der Waals surface area contributed by atoms with Gasteiger partial charge < -0.3 is 10.1 Å². The molecule has 4 rings (SSSR count). The number of benzene rings is 3. The molecule has 0 fully saturated rings. The maximum atomic E-state index is 13.6. The lowest BCUT2D eigenvalue weighted by atomic mass is 10.2. The minimum absolute atomic E-state index is 0.0396. The van der Waals surface area contributed by atoms with Crippen LogP contribution in [0.4, 0.5) is 15.8 Å². The van der Waals surface area contributed by atoms with Gasteiger partial charge in [-0.15, -0.1) is 0 Å². The molecule has 0 atom stereocenters. The van der Waals surface area contributed by atoms with Crippen LogP contribution in [-0.2, 0) is 14.3 Å². The molecule has 0 saturated heterocycles. The molecule has 178 valence electrons. The summed E-state index contributed by atoms with van der Waals surface area (Å²) in [6, 6.07) is 17.5. The third-order valence-corrected chi connectivity index (χ3v) is 6.49. The number of nitrogens with zero attached hydrogens (tertiary/aromatic N) is 1. The highest BCUT2D eigenvalue weighted by Gasteiger charge is 2.40. The van der Waals surface area contributed by atoms with Gasteiger partial charge in [-0.05, 0) is 68.4 Å². The molecule has 1 aliphatic rings. The Balaban J connectivity index is 1.69. The summed E-state index contributed by atoms with van der Waals surface area (Å²) < 4.78 is 18.6. The van der Waals surface area contributed by atoms with Crippen molar-refractivity contribution in [2.45, 2.75) is 18.7 Å². The molecule has 0 unspecified atom stereocenters. The summed E-state index contributed by atoms with van der Waals surface area (Å²) in [6.45, 7) is 3.89. The van der Waals surface area contributed by atoms with E-state index >= 15 is 0 Å². The Morgan fingerprint density at radius 1 is 1.03 bits per heavy atom. The number of rotatable bonds is 7. The van der Waals surface area contributed by atoms with Crippen molar-refractivity contribution in [3.05, 3.63) is 99.3 Å². The lowest BCUT2D eigenvalue weighted by Crippen LogP contribution is -2.32. The normalized spacial score (nSPS) is 13.4. The topological polar surface area (TPSA) is 75.7 Å². The van der Waals surface area contributed by atoms with E-state index in [-0.39, 0.29) is 22.2 Å². The summed E-state index contributed by atoms with van der Waals surface area (Å²) >= 11 is 7.04. The van der Waals surface area contributed by atoms with Crippen molar-refractivity contribution >= 4 is 52.5 Å². The summed E-state index contributed by atoms with van der Waals surface area (Å²) in [6.07, 6.45) is 0. The molecule has 1 heterocycles. The third kappa shape index (κ3) is 5.23. The highest BCUT2D eigenvalue weighted by molar-refractivity contribution is 8.04. The number of aryl methyl sites for hydroxylation is 1. The predicted octanol–water partition coefficient (Wildman–Crippen LogP) is 5.95. The van der Waals surface area contributed by atoms with Crippen LogP contribution in [0.2, 0.25) is 5.02 Å². The van der Waals surface area contributed by atoms with Gasteiger partial charge >= 0.3 is 5.97 Å². The number of hydrogen-bond donors (Lipinski definition) is 1. The number of imide groups is 1. The van der Waals surface area contributed by atoms with E-state index in [1.54, 1.807) is 6.92 Å². The molecule has 3 aromatic rings. The summed E-state index contributed by atoms with van der Waals surface area (Å²) in [7, 11) is 0. The minimum Gasteiger partial charge on any atom is -0.462 e. The van der Waals surface area contributed by atoms with Crippen LogP contribution in [0.5, 0.6) is 0 Å². The number of anilines is 2. The van der Waals surface area contributed by atoms with E-state index in [0.717, 1.165) is 27.1 Å². The van der Waals surface area contributed by atoms with Gasteiger partial charge in [0.1, 0.15) is 16.4 Å². The average Bonchev–Trinajstić information content (AvgIpc) is 3.07. The maximum Gasteiger partial charge on any atom is 0.338 e. The Morgan fingerprint density at radius 2 is 1.71 bits per heavy atom. The second-order valence-electron chi connectivity index (χ2n) is 7.59. The van der Waals surface area contributed by atoms with Crippen molar-refractivity contribution in [2.75, 3.05) is 16.8 Å².